The highest BCUT2D eigenvalue weighted by molar-refractivity contribution is 7.80. The number of hydrogen-bond donors (Lipinski definition) is 1. The van der Waals surface area contributed by atoms with Gasteiger partial charge in [-0.1, -0.05) is 19.1 Å². The largest absolute Gasteiger partial charge is 0.393 e. The minimum Gasteiger partial charge on any atom is -0.393 e. The number of likely N-dealkylation sites (tertiary alicyclic amines) is 1. The first kappa shape index (κ1) is 14.4. The Labute approximate surface area is 109 Å². The summed E-state index contributed by atoms with van der Waals surface area (Å²) in [6.45, 7) is 3.59. The zero-order valence-electron chi connectivity index (χ0n) is 11.0. The average molecular weight is 257 g/mol. The predicted octanol–water partition coefficient (Wildman–Crippen LogP) is 0.851. The summed E-state index contributed by atoms with van der Waals surface area (Å²) in [4.78, 5) is 16.7. The molecule has 2 atom stereocenters. The molecule has 1 rings (SSSR count). The van der Waals surface area contributed by atoms with Gasteiger partial charge in [0.2, 0.25) is 5.91 Å². The average Bonchev–Trinajstić information content (AvgIpc) is 2.29. The molecule has 2 N–H and O–H groups in total. The molecular formula is C12H23N3OS. The third kappa shape index (κ3) is 3.64. The lowest BCUT2D eigenvalue weighted by atomic mass is 10.00. The number of hydrogen-bond acceptors (Lipinski definition) is 3. The van der Waals surface area contributed by atoms with Crippen molar-refractivity contribution in [2.45, 2.75) is 32.2 Å². The number of likely N-dealkylation sites (N-methyl/N-ethyl adjacent to an activating group) is 1. The lowest BCUT2D eigenvalue weighted by Gasteiger charge is -2.37. The minimum absolute atomic E-state index is 0.103. The number of nitrogens with zero attached hydrogens (tertiary/aromatic N) is 2. The first-order valence-electron chi connectivity index (χ1n) is 6.21. The van der Waals surface area contributed by atoms with Crippen LogP contribution in [0.1, 0.15) is 26.2 Å². The molecule has 0 radical (unpaired) electrons. The van der Waals surface area contributed by atoms with Gasteiger partial charge in [0.25, 0.3) is 0 Å². The van der Waals surface area contributed by atoms with Crippen molar-refractivity contribution in [3.05, 3.63) is 0 Å². The Morgan fingerprint density at radius 3 is 2.71 bits per heavy atom. The van der Waals surface area contributed by atoms with Crippen LogP contribution in [0.25, 0.3) is 0 Å². The lowest BCUT2D eigenvalue weighted by molar-refractivity contribution is -0.135. The van der Waals surface area contributed by atoms with Crippen molar-refractivity contribution in [2.24, 2.45) is 11.7 Å². The van der Waals surface area contributed by atoms with E-state index in [9.17, 15) is 4.79 Å². The summed E-state index contributed by atoms with van der Waals surface area (Å²) in [5, 5.41) is 0. The van der Waals surface area contributed by atoms with Crippen molar-refractivity contribution < 1.29 is 4.79 Å². The number of rotatable bonds is 4. The van der Waals surface area contributed by atoms with Gasteiger partial charge in [-0.15, -0.1) is 0 Å². The molecule has 1 aliphatic heterocycles. The molecule has 0 aromatic rings. The third-order valence-electron chi connectivity index (χ3n) is 3.49. The van der Waals surface area contributed by atoms with Crippen molar-refractivity contribution >= 4 is 23.1 Å². The molecule has 5 heteroatoms. The summed E-state index contributed by atoms with van der Waals surface area (Å²) < 4.78 is 0. The monoisotopic (exact) mass is 257 g/mol. The molecule has 0 aliphatic carbocycles. The van der Waals surface area contributed by atoms with Crippen molar-refractivity contribution in [1.29, 1.82) is 0 Å². The lowest BCUT2D eigenvalue weighted by Crippen LogP contribution is -2.50. The molecule has 1 heterocycles. The van der Waals surface area contributed by atoms with Crippen LogP contribution in [0.15, 0.2) is 0 Å². The zero-order chi connectivity index (χ0) is 13.0. The van der Waals surface area contributed by atoms with Gasteiger partial charge >= 0.3 is 0 Å². The second kappa shape index (κ2) is 6.31. The number of carbonyl (C=O) groups excluding carboxylic acids is 1. The van der Waals surface area contributed by atoms with E-state index >= 15 is 0 Å². The summed E-state index contributed by atoms with van der Waals surface area (Å²) in [6, 6.07) is 0.455. The van der Waals surface area contributed by atoms with Crippen LogP contribution in [-0.2, 0) is 4.79 Å². The summed E-state index contributed by atoms with van der Waals surface area (Å²) in [5.41, 5.74) is 5.62. The Morgan fingerprint density at radius 2 is 2.24 bits per heavy atom. The molecular weight excluding hydrogens is 234 g/mol. The van der Waals surface area contributed by atoms with Crippen molar-refractivity contribution in [1.82, 2.24) is 9.80 Å². The number of amides is 1. The van der Waals surface area contributed by atoms with Crippen LogP contribution in [0.5, 0.6) is 0 Å². The second-order valence-corrected chi connectivity index (χ2v) is 5.38. The number of carbonyl (C=O) groups is 1. The fourth-order valence-corrected chi connectivity index (χ4v) is 2.56. The third-order valence-corrected chi connectivity index (χ3v) is 3.77. The van der Waals surface area contributed by atoms with Crippen LogP contribution in [-0.4, -0.2) is 53.9 Å². The van der Waals surface area contributed by atoms with Gasteiger partial charge in [0.15, 0.2) is 0 Å². The van der Waals surface area contributed by atoms with E-state index in [1.165, 1.54) is 0 Å². The molecule has 1 fully saturated rings. The Morgan fingerprint density at radius 1 is 1.59 bits per heavy atom. The molecule has 1 aliphatic rings. The van der Waals surface area contributed by atoms with E-state index in [0.29, 0.717) is 17.5 Å². The van der Waals surface area contributed by atoms with E-state index in [1.807, 2.05) is 11.8 Å². The molecule has 0 bridgehead atoms. The van der Waals surface area contributed by atoms with Crippen LogP contribution in [0.3, 0.4) is 0 Å². The van der Waals surface area contributed by atoms with Gasteiger partial charge in [0, 0.05) is 19.1 Å². The van der Waals surface area contributed by atoms with Crippen molar-refractivity contribution in [2.75, 3.05) is 27.2 Å². The van der Waals surface area contributed by atoms with Gasteiger partial charge in [0.05, 0.1) is 10.9 Å². The standard InChI is InChI=1S/C12H23N3OS/c1-4-10(11(13)17)12(16)15-7-5-6-9(8-15)14(2)3/h9-10H,4-8H2,1-3H3,(H2,13,17). The first-order valence-corrected chi connectivity index (χ1v) is 6.62. The van der Waals surface area contributed by atoms with Crippen LogP contribution in [0.2, 0.25) is 0 Å². The quantitative estimate of drug-likeness (QED) is 0.759. The van der Waals surface area contributed by atoms with E-state index in [1.54, 1.807) is 0 Å². The molecule has 0 aromatic heterocycles. The summed E-state index contributed by atoms with van der Waals surface area (Å²) in [5.74, 6) is -0.183. The van der Waals surface area contributed by atoms with E-state index in [4.69, 9.17) is 18.0 Å². The SMILES string of the molecule is CCC(C(=O)N1CCCC(N(C)C)C1)C(N)=S. The summed E-state index contributed by atoms with van der Waals surface area (Å²) in [6.07, 6.45) is 2.90. The Kier molecular flexibility index (Phi) is 5.33. The van der Waals surface area contributed by atoms with Crippen LogP contribution < -0.4 is 5.73 Å². The summed E-state index contributed by atoms with van der Waals surface area (Å²) >= 11 is 4.96. The maximum atomic E-state index is 12.3. The van der Waals surface area contributed by atoms with Gasteiger partial charge in [-0.25, -0.2) is 0 Å². The fraction of sp³-hybridized carbons (Fsp3) is 0.833. The van der Waals surface area contributed by atoms with Gasteiger partial charge in [-0.3, -0.25) is 4.79 Å². The molecule has 0 saturated carbocycles. The van der Waals surface area contributed by atoms with Crippen LogP contribution >= 0.6 is 12.2 Å². The maximum Gasteiger partial charge on any atom is 0.232 e. The van der Waals surface area contributed by atoms with E-state index in [0.717, 1.165) is 25.9 Å². The minimum atomic E-state index is -0.286. The van der Waals surface area contributed by atoms with Gasteiger partial charge in [-0.2, -0.15) is 0 Å². The van der Waals surface area contributed by atoms with E-state index in [-0.39, 0.29) is 11.8 Å². The molecule has 2 unspecified atom stereocenters. The fourth-order valence-electron chi connectivity index (χ4n) is 2.29. The highest BCUT2D eigenvalue weighted by atomic mass is 32.1. The molecule has 17 heavy (non-hydrogen) atoms. The van der Waals surface area contributed by atoms with E-state index in [2.05, 4.69) is 19.0 Å². The molecule has 0 aromatic carbocycles. The molecule has 4 nitrogen and oxygen atoms in total. The number of nitrogens with two attached hydrogens (primary N) is 1. The molecule has 1 amide bonds. The molecule has 98 valence electrons. The van der Waals surface area contributed by atoms with Crippen LogP contribution in [0, 0.1) is 5.92 Å². The normalized spacial score (nSPS) is 22.6. The number of piperidine rings is 1. The van der Waals surface area contributed by atoms with Gasteiger partial charge in [-0.05, 0) is 33.4 Å². The smallest absolute Gasteiger partial charge is 0.232 e. The zero-order valence-corrected chi connectivity index (χ0v) is 11.8. The Bertz CT molecular complexity index is 293. The number of thiocarbonyl (C=S) groups is 1. The highest BCUT2D eigenvalue weighted by Gasteiger charge is 2.29. The van der Waals surface area contributed by atoms with Crippen molar-refractivity contribution in [3.8, 4) is 0 Å². The first-order chi connectivity index (χ1) is 7.97. The van der Waals surface area contributed by atoms with E-state index < -0.39 is 0 Å². The second-order valence-electron chi connectivity index (χ2n) is 4.91. The van der Waals surface area contributed by atoms with Gasteiger partial charge in [0.1, 0.15) is 0 Å². The molecule has 1 saturated heterocycles. The van der Waals surface area contributed by atoms with Crippen molar-refractivity contribution in [3.63, 3.8) is 0 Å². The maximum absolute atomic E-state index is 12.3. The predicted molar refractivity (Wildman–Crippen MR) is 73.9 cm³/mol. The Hall–Kier alpha value is -0.680. The Balaban J connectivity index is 2.65. The summed E-state index contributed by atoms with van der Waals surface area (Å²) in [7, 11) is 4.12. The molecule has 0 spiro atoms. The highest BCUT2D eigenvalue weighted by Crippen LogP contribution is 2.17. The van der Waals surface area contributed by atoms with Gasteiger partial charge < -0.3 is 15.5 Å². The van der Waals surface area contributed by atoms with Crippen LogP contribution in [0.4, 0.5) is 0 Å². The topological polar surface area (TPSA) is 49.6 Å².